The molecular formula is C11H14N4O2S. The zero-order valence-corrected chi connectivity index (χ0v) is 11.0. The van der Waals surface area contributed by atoms with Crippen molar-refractivity contribution in [2.75, 3.05) is 0 Å². The van der Waals surface area contributed by atoms with E-state index in [1.165, 1.54) is 0 Å². The molecule has 2 heterocycles. The summed E-state index contributed by atoms with van der Waals surface area (Å²) in [6, 6.07) is 2.01. The molecule has 0 aliphatic carbocycles. The van der Waals surface area contributed by atoms with Crippen LogP contribution in [0.25, 0.3) is 0 Å². The van der Waals surface area contributed by atoms with E-state index < -0.39 is 11.4 Å². The molecule has 2 rings (SSSR count). The summed E-state index contributed by atoms with van der Waals surface area (Å²) in [6.07, 6.45) is 0.617. The molecule has 18 heavy (non-hydrogen) atoms. The molecule has 0 fully saturated rings. The monoisotopic (exact) mass is 266 g/mol. The summed E-state index contributed by atoms with van der Waals surface area (Å²) in [6.45, 7) is 3.57. The molecule has 6 nitrogen and oxygen atoms in total. The van der Waals surface area contributed by atoms with Gasteiger partial charge in [-0.25, -0.2) is 4.68 Å². The van der Waals surface area contributed by atoms with Crippen molar-refractivity contribution in [2.24, 2.45) is 5.41 Å². The second-order valence-electron chi connectivity index (χ2n) is 4.75. The molecule has 0 aromatic carbocycles. The average molecular weight is 266 g/mol. The van der Waals surface area contributed by atoms with Gasteiger partial charge >= 0.3 is 5.97 Å². The number of tetrazole rings is 1. The van der Waals surface area contributed by atoms with E-state index in [1.54, 1.807) is 29.9 Å². The van der Waals surface area contributed by atoms with E-state index >= 15 is 0 Å². The predicted octanol–water partition coefficient (Wildman–Crippen LogP) is 1.44. The molecule has 0 radical (unpaired) electrons. The van der Waals surface area contributed by atoms with E-state index in [0.717, 1.165) is 5.56 Å². The van der Waals surface area contributed by atoms with Crippen molar-refractivity contribution in [3.63, 3.8) is 0 Å². The number of hydrogen-bond donors (Lipinski definition) is 1. The molecule has 1 N–H and O–H groups in total. The Morgan fingerprint density at radius 2 is 2.33 bits per heavy atom. The highest BCUT2D eigenvalue weighted by molar-refractivity contribution is 7.07. The van der Waals surface area contributed by atoms with Crippen LogP contribution in [0.2, 0.25) is 0 Å². The van der Waals surface area contributed by atoms with Crippen LogP contribution in [-0.4, -0.2) is 31.3 Å². The lowest BCUT2D eigenvalue weighted by molar-refractivity contribution is -0.147. The van der Waals surface area contributed by atoms with Crippen molar-refractivity contribution in [1.82, 2.24) is 20.2 Å². The third-order valence-electron chi connectivity index (χ3n) is 2.67. The van der Waals surface area contributed by atoms with Crippen LogP contribution in [0, 0.1) is 5.41 Å². The third-order valence-corrected chi connectivity index (χ3v) is 3.40. The lowest BCUT2D eigenvalue weighted by atomic mass is 9.94. The maximum Gasteiger partial charge on any atom is 0.310 e. The summed E-state index contributed by atoms with van der Waals surface area (Å²) < 4.78 is 1.56. The summed E-state index contributed by atoms with van der Waals surface area (Å²) in [5.41, 5.74) is 0.239. The summed E-state index contributed by atoms with van der Waals surface area (Å²) in [5.74, 6) is -0.179. The summed E-state index contributed by atoms with van der Waals surface area (Å²) >= 11 is 1.61. The topological polar surface area (TPSA) is 80.9 Å². The van der Waals surface area contributed by atoms with Crippen LogP contribution in [0.3, 0.4) is 0 Å². The summed E-state index contributed by atoms with van der Waals surface area (Å²) in [4.78, 5) is 11.1. The van der Waals surface area contributed by atoms with Gasteiger partial charge in [0.15, 0.2) is 5.82 Å². The van der Waals surface area contributed by atoms with E-state index in [2.05, 4.69) is 15.5 Å². The Morgan fingerprint density at radius 1 is 1.56 bits per heavy atom. The Labute approximate surface area is 108 Å². The fourth-order valence-electron chi connectivity index (χ4n) is 1.49. The first kappa shape index (κ1) is 12.7. The Hall–Kier alpha value is -1.76. The van der Waals surface area contributed by atoms with Gasteiger partial charge in [-0.15, -0.1) is 5.10 Å². The SMILES string of the molecule is CC(C)(Cn1nnnc1Cc1ccsc1)C(=O)O. The minimum absolute atomic E-state index is 0.259. The van der Waals surface area contributed by atoms with Gasteiger partial charge in [0.2, 0.25) is 0 Å². The Kier molecular flexibility index (Phi) is 3.42. The van der Waals surface area contributed by atoms with E-state index in [-0.39, 0.29) is 6.54 Å². The minimum Gasteiger partial charge on any atom is -0.481 e. The molecule has 2 aromatic rings. The molecule has 0 aliphatic heterocycles. The van der Waals surface area contributed by atoms with Crippen LogP contribution < -0.4 is 0 Å². The van der Waals surface area contributed by atoms with Crippen molar-refractivity contribution in [1.29, 1.82) is 0 Å². The van der Waals surface area contributed by atoms with Crippen LogP contribution in [0.1, 0.15) is 25.2 Å². The van der Waals surface area contributed by atoms with Gasteiger partial charge < -0.3 is 5.11 Å². The lowest BCUT2D eigenvalue weighted by Gasteiger charge is -2.18. The first-order valence-electron chi connectivity index (χ1n) is 5.48. The number of thiophene rings is 1. The van der Waals surface area contributed by atoms with Gasteiger partial charge in [0.25, 0.3) is 0 Å². The second kappa shape index (κ2) is 4.85. The Bertz CT molecular complexity index is 533. The first-order chi connectivity index (χ1) is 8.49. The van der Waals surface area contributed by atoms with Crippen LogP contribution in [0.15, 0.2) is 16.8 Å². The third kappa shape index (κ3) is 2.73. The number of carboxylic acid groups (broad SMARTS) is 1. The highest BCUT2D eigenvalue weighted by Gasteiger charge is 2.29. The van der Waals surface area contributed by atoms with Gasteiger partial charge in [0.05, 0.1) is 12.0 Å². The molecular weight excluding hydrogens is 252 g/mol. The van der Waals surface area contributed by atoms with Crippen LogP contribution in [0.5, 0.6) is 0 Å². The number of aliphatic carboxylic acids is 1. The predicted molar refractivity (Wildman–Crippen MR) is 66.4 cm³/mol. The van der Waals surface area contributed by atoms with E-state index in [0.29, 0.717) is 12.2 Å². The number of hydrogen-bond acceptors (Lipinski definition) is 5. The smallest absolute Gasteiger partial charge is 0.310 e. The maximum atomic E-state index is 11.1. The lowest BCUT2D eigenvalue weighted by Crippen LogP contribution is -2.30. The zero-order chi connectivity index (χ0) is 13.2. The van der Waals surface area contributed by atoms with Gasteiger partial charge in [-0.2, -0.15) is 11.3 Å². The summed E-state index contributed by atoms with van der Waals surface area (Å²) in [5, 5.41) is 24.6. The minimum atomic E-state index is -0.890. The van der Waals surface area contributed by atoms with Crippen molar-refractivity contribution in [2.45, 2.75) is 26.8 Å². The van der Waals surface area contributed by atoms with Crippen LogP contribution in [0.4, 0.5) is 0 Å². The second-order valence-corrected chi connectivity index (χ2v) is 5.53. The van der Waals surface area contributed by atoms with E-state index in [1.807, 2.05) is 16.8 Å². The molecule has 0 bridgehead atoms. The van der Waals surface area contributed by atoms with Crippen molar-refractivity contribution in [3.8, 4) is 0 Å². The molecule has 0 unspecified atom stereocenters. The maximum absolute atomic E-state index is 11.1. The van der Waals surface area contributed by atoms with Crippen molar-refractivity contribution in [3.05, 3.63) is 28.2 Å². The first-order valence-corrected chi connectivity index (χ1v) is 6.43. The fraction of sp³-hybridized carbons (Fsp3) is 0.455. The normalized spacial score (nSPS) is 11.7. The zero-order valence-electron chi connectivity index (χ0n) is 10.2. The van der Waals surface area contributed by atoms with Gasteiger partial charge in [-0.3, -0.25) is 4.79 Å². The number of aromatic nitrogens is 4. The summed E-state index contributed by atoms with van der Waals surface area (Å²) in [7, 11) is 0. The molecule has 0 spiro atoms. The molecule has 0 atom stereocenters. The Morgan fingerprint density at radius 3 is 2.94 bits per heavy atom. The van der Waals surface area contributed by atoms with Crippen LogP contribution in [-0.2, 0) is 17.8 Å². The molecule has 2 aromatic heterocycles. The van der Waals surface area contributed by atoms with Gasteiger partial charge in [0.1, 0.15) is 0 Å². The molecule has 7 heteroatoms. The van der Waals surface area contributed by atoms with E-state index in [4.69, 9.17) is 5.11 Å². The molecule has 0 saturated carbocycles. The van der Waals surface area contributed by atoms with Crippen LogP contribution >= 0.6 is 11.3 Å². The number of nitrogens with zero attached hydrogens (tertiary/aromatic N) is 4. The molecule has 0 aliphatic rings. The van der Waals surface area contributed by atoms with E-state index in [9.17, 15) is 4.79 Å². The van der Waals surface area contributed by atoms with Gasteiger partial charge in [-0.1, -0.05) is 0 Å². The molecule has 0 saturated heterocycles. The number of carboxylic acids is 1. The number of carbonyl (C=O) groups is 1. The number of rotatable bonds is 5. The standard InChI is InChI=1S/C11H14N4O2S/c1-11(2,10(16)17)7-15-9(12-13-14-15)5-8-3-4-18-6-8/h3-4,6H,5,7H2,1-2H3,(H,16,17). The van der Waals surface area contributed by atoms with Crippen molar-refractivity contribution >= 4 is 17.3 Å². The highest BCUT2D eigenvalue weighted by atomic mass is 32.1. The Balaban J connectivity index is 2.15. The quantitative estimate of drug-likeness (QED) is 0.885. The highest BCUT2D eigenvalue weighted by Crippen LogP contribution is 2.19. The molecule has 96 valence electrons. The van der Waals surface area contributed by atoms with Gasteiger partial charge in [0, 0.05) is 6.42 Å². The van der Waals surface area contributed by atoms with Crippen molar-refractivity contribution < 1.29 is 9.90 Å². The average Bonchev–Trinajstić information content (AvgIpc) is 2.91. The van der Waals surface area contributed by atoms with Gasteiger partial charge in [-0.05, 0) is 46.7 Å². The fourth-order valence-corrected chi connectivity index (χ4v) is 2.16. The largest absolute Gasteiger partial charge is 0.481 e. The molecule has 0 amide bonds.